The Bertz CT molecular complexity index is 539. The highest BCUT2D eigenvalue weighted by atomic mass is 32.2. The van der Waals surface area contributed by atoms with E-state index in [1.54, 1.807) is 0 Å². The summed E-state index contributed by atoms with van der Waals surface area (Å²) < 4.78 is 50.1. The van der Waals surface area contributed by atoms with Gasteiger partial charge in [0.05, 0.1) is 16.8 Å². The van der Waals surface area contributed by atoms with Gasteiger partial charge in [0.25, 0.3) is 0 Å². The molecular formula is C13H26N2O4S2. The zero-order valence-corrected chi connectivity index (χ0v) is 14.3. The Morgan fingerprint density at radius 3 is 2.57 bits per heavy atom. The smallest absolute Gasteiger partial charge is 0.218 e. The molecule has 2 aliphatic heterocycles. The fraction of sp³-hybridized carbons (Fsp3) is 1.00. The number of nitrogens with one attached hydrogen (secondary N) is 1. The van der Waals surface area contributed by atoms with E-state index in [0.717, 1.165) is 32.4 Å². The summed E-state index contributed by atoms with van der Waals surface area (Å²) >= 11 is 0. The van der Waals surface area contributed by atoms with Crippen molar-refractivity contribution in [1.82, 2.24) is 9.62 Å². The third-order valence-corrected chi connectivity index (χ3v) is 8.58. The topological polar surface area (TPSA) is 83.6 Å². The molecule has 2 rings (SSSR count). The zero-order chi connectivity index (χ0) is 15.5. The molecule has 124 valence electrons. The summed E-state index contributed by atoms with van der Waals surface area (Å²) in [6, 6.07) is 0. The van der Waals surface area contributed by atoms with Crippen LogP contribution in [0.1, 0.15) is 32.6 Å². The van der Waals surface area contributed by atoms with Crippen molar-refractivity contribution in [3.8, 4) is 0 Å². The minimum atomic E-state index is -3.51. The van der Waals surface area contributed by atoms with Crippen molar-refractivity contribution in [2.45, 2.75) is 37.9 Å². The lowest BCUT2D eigenvalue weighted by atomic mass is 10.00. The van der Waals surface area contributed by atoms with Crippen LogP contribution in [0.3, 0.4) is 0 Å². The lowest BCUT2D eigenvalue weighted by Crippen LogP contribution is -2.45. The van der Waals surface area contributed by atoms with Crippen molar-refractivity contribution >= 4 is 19.9 Å². The second-order valence-electron chi connectivity index (χ2n) is 6.14. The number of piperidine rings is 1. The summed E-state index contributed by atoms with van der Waals surface area (Å²) in [7, 11) is -6.69. The van der Waals surface area contributed by atoms with Crippen molar-refractivity contribution in [1.29, 1.82) is 0 Å². The number of sulfone groups is 1. The minimum Gasteiger partial charge on any atom is -0.316 e. The Balaban J connectivity index is 2.08. The first-order valence-corrected chi connectivity index (χ1v) is 11.1. The number of nitrogens with zero attached hydrogens (tertiary/aromatic N) is 1. The Labute approximate surface area is 128 Å². The van der Waals surface area contributed by atoms with Gasteiger partial charge in [0, 0.05) is 13.1 Å². The molecule has 21 heavy (non-hydrogen) atoms. The van der Waals surface area contributed by atoms with E-state index in [2.05, 4.69) is 5.32 Å². The highest BCUT2D eigenvalue weighted by molar-refractivity contribution is 7.95. The van der Waals surface area contributed by atoms with Crippen molar-refractivity contribution in [3.05, 3.63) is 0 Å². The molecule has 2 heterocycles. The van der Waals surface area contributed by atoms with Gasteiger partial charge in [0.2, 0.25) is 10.0 Å². The van der Waals surface area contributed by atoms with E-state index in [0.29, 0.717) is 19.0 Å². The summed E-state index contributed by atoms with van der Waals surface area (Å²) in [5, 5.41) is 2.55. The van der Waals surface area contributed by atoms with Crippen molar-refractivity contribution in [3.63, 3.8) is 0 Å². The predicted molar refractivity (Wildman–Crippen MR) is 83.4 cm³/mol. The van der Waals surface area contributed by atoms with Gasteiger partial charge in [-0.05, 0) is 44.7 Å². The van der Waals surface area contributed by atoms with E-state index < -0.39 is 25.1 Å². The maximum absolute atomic E-state index is 12.7. The van der Waals surface area contributed by atoms with Crippen LogP contribution in [-0.2, 0) is 19.9 Å². The van der Waals surface area contributed by atoms with Crippen LogP contribution in [0.2, 0.25) is 0 Å². The minimum absolute atomic E-state index is 0.00183. The van der Waals surface area contributed by atoms with Crippen molar-refractivity contribution in [2.75, 3.05) is 37.7 Å². The summed E-state index contributed by atoms with van der Waals surface area (Å²) in [6.45, 7) is 4.79. The van der Waals surface area contributed by atoms with Crippen LogP contribution in [-0.4, -0.2) is 64.1 Å². The van der Waals surface area contributed by atoms with Gasteiger partial charge >= 0.3 is 0 Å². The quantitative estimate of drug-likeness (QED) is 0.749. The highest BCUT2D eigenvalue weighted by Crippen LogP contribution is 2.24. The molecule has 1 N–H and O–H groups in total. The molecule has 2 unspecified atom stereocenters. The van der Waals surface area contributed by atoms with Gasteiger partial charge in [-0.2, -0.15) is 0 Å². The Morgan fingerprint density at radius 2 is 2.05 bits per heavy atom. The van der Waals surface area contributed by atoms with Gasteiger partial charge in [-0.1, -0.05) is 6.92 Å². The Morgan fingerprint density at radius 1 is 1.29 bits per heavy atom. The molecule has 2 saturated heterocycles. The number of rotatable bonds is 6. The molecule has 0 radical (unpaired) electrons. The SMILES string of the molecule is CCCN(CC1CCCNC1)S(=O)(=O)C1CCS(=O)(=O)C1. The third kappa shape index (κ3) is 4.40. The fourth-order valence-corrected chi connectivity index (χ4v) is 7.84. The van der Waals surface area contributed by atoms with Gasteiger partial charge in [-0.15, -0.1) is 0 Å². The molecule has 2 aliphatic rings. The van der Waals surface area contributed by atoms with Crippen LogP contribution in [0.15, 0.2) is 0 Å². The molecule has 6 nitrogen and oxygen atoms in total. The molecule has 0 aromatic carbocycles. The predicted octanol–water partition coefficient (Wildman–Crippen LogP) is 0.215. The second-order valence-corrected chi connectivity index (χ2v) is 10.6. The average molecular weight is 338 g/mol. The van der Waals surface area contributed by atoms with Crippen molar-refractivity contribution in [2.24, 2.45) is 5.92 Å². The zero-order valence-electron chi connectivity index (χ0n) is 12.6. The maximum Gasteiger partial charge on any atom is 0.218 e. The van der Waals surface area contributed by atoms with Crippen LogP contribution in [0.4, 0.5) is 0 Å². The molecule has 8 heteroatoms. The van der Waals surface area contributed by atoms with Crippen LogP contribution in [0.25, 0.3) is 0 Å². The maximum atomic E-state index is 12.7. The van der Waals surface area contributed by atoms with E-state index in [4.69, 9.17) is 0 Å². The molecule has 0 aromatic rings. The molecule has 0 aliphatic carbocycles. The number of hydrogen-bond acceptors (Lipinski definition) is 5. The van der Waals surface area contributed by atoms with Crippen LogP contribution in [0, 0.1) is 5.92 Å². The van der Waals surface area contributed by atoms with E-state index in [9.17, 15) is 16.8 Å². The molecular weight excluding hydrogens is 312 g/mol. The van der Waals surface area contributed by atoms with Crippen LogP contribution < -0.4 is 5.32 Å². The standard InChI is InChI=1S/C13H26N2O4S2/c1-2-7-15(10-12-4-3-6-14-9-12)21(18,19)13-5-8-20(16,17)11-13/h12-14H,2-11H2,1H3. The van der Waals surface area contributed by atoms with Gasteiger partial charge < -0.3 is 5.32 Å². The first-order valence-electron chi connectivity index (χ1n) is 7.75. The van der Waals surface area contributed by atoms with Crippen LogP contribution >= 0.6 is 0 Å². The third-order valence-electron chi connectivity index (χ3n) is 4.31. The molecule has 0 saturated carbocycles. The lowest BCUT2D eigenvalue weighted by molar-refractivity contribution is 0.290. The Kier molecular flexibility index (Phi) is 5.67. The van der Waals surface area contributed by atoms with Gasteiger partial charge in [0.1, 0.15) is 0 Å². The Hall–Kier alpha value is -0.180. The monoisotopic (exact) mass is 338 g/mol. The average Bonchev–Trinajstić information content (AvgIpc) is 2.80. The fourth-order valence-electron chi connectivity index (χ4n) is 3.15. The lowest BCUT2D eigenvalue weighted by Gasteiger charge is -2.31. The molecule has 2 atom stereocenters. The molecule has 0 spiro atoms. The summed E-state index contributed by atoms with van der Waals surface area (Å²) in [5.41, 5.74) is 0. The molecule has 0 aromatic heterocycles. The summed E-state index contributed by atoms with van der Waals surface area (Å²) in [5.74, 6) is 0.124. The molecule has 2 fully saturated rings. The van der Waals surface area contributed by atoms with Gasteiger partial charge in [0.15, 0.2) is 9.84 Å². The van der Waals surface area contributed by atoms with E-state index >= 15 is 0 Å². The van der Waals surface area contributed by atoms with Gasteiger partial charge in [-0.3, -0.25) is 0 Å². The number of sulfonamides is 1. The highest BCUT2D eigenvalue weighted by Gasteiger charge is 2.40. The molecule has 0 amide bonds. The van der Waals surface area contributed by atoms with Gasteiger partial charge in [-0.25, -0.2) is 21.1 Å². The van der Waals surface area contributed by atoms with Crippen LogP contribution in [0.5, 0.6) is 0 Å². The van der Waals surface area contributed by atoms with E-state index in [1.807, 2.05) is 6.92 Å². The van der Waals surface area contributed by atoms with Crippen molar-refractivity contribution < 1.29 is 16.8 Å². The van der Waals surface area contributed by atoms with E-state index in [1.165, 1.54) is 4.31 Å². The summed E-state index contributed by atoms with van der Waals surface area (Å²) in [6.07, 6.45) is 3.10. The molecule has 0 bridgehead atoms. The van der Waals surface area contributed by atoms with E-state index in [-0.39, 0.29) is 17.9 Å². The summed E-state index contributed by atoms with van der Waals surface area (Å²) in [4.78, 5) is 0. The normalized spacial score (nSPS) is 29.8. The first-order chi connectivity index (χ1) is 9.85. The first kappa shape index (κ1) is 17.2. The largest absolute Gasteiger partial charge is 0.316 e. The number of hydrogen-bond donors (Lipinski definition) is 1. The second kappa shape index (κ2) is 6.93.